The highest BCUT2D eigenvalue weighted by Gasteiger charge is 2.61. The summed E-state index contributed by atoms with van der Waals surface area (Å²) in [4.78, 5) is 17.9. The molecule has 0 spiro atoms. The molecule has 2 aromatic rings. The zero-order chi connectivity index (χ0) is 20.5. The highest BCUT2D eigenvalue weighted by atomic mass is 19.4. The van der Waals surface area contributed by atoms with Crippen molar-refractivity contribution in [1.82, 2.24) is 5.06 Å². The highest BCUT2D eigenvalue weighted by molar-refractivity contribution is 5.94. The Hall–Kier alpha value is -2.94. The Kier molecular flexibility index (Phi) is 5.12. The molecule has 9 heteroatoms. The monoisotopic (exact) mass is 399 g/mol. The molecule has 0 saturated heterocycles. The first-order chi connectivity index (χ1) is 13.1. The maximum Gasteiger partial charge on any atom is 0.499 e. The minimum absolute atomic E-state index is 0.0299. The van der Waals surface area contributed by atoms with Crippen LogP contribution in [0, 0.1) is 0 Å². The first kappa shape index (κ1) is 19.8. The van der Waals surface area contributed by atoms with Gasteiger partial charge in [-0.2, -0.15) is 22.0 Å². The molecule has 1 atom stereocenters. The Morgan fingerprint density at radius 2 is 1.64 bits per heavy atom. The molecule has 0 bridgehead atoms. The Labute approximate surface area is 156 Å². The summed E-state index contributed by atoms with van der Waals surface area (Å²) in [6.07, 6.45) is -7.60. The summed E-state index contributed by atoms with van der Waals surface area (Å²) in [6.45, 7) is 0. The van der Waals surface area contributed by atoms with Gasteiger partial charge in [-0.3, -0.25) is 9.63 Å². The second-order valence-corrected chi connectivity index (χ2v) is 5.89. The number of benzene rings is 2. The summed E-state index contributed by atoms with van der Waals surface area (Å²) in [5.41, 5.74) is 1.78. The van der Waals surface area contributed by atoms with Crippen LogP contribution in [0.2, 0.25) is 0 Å². The van der Waals surface area contributed by atoms with Crippen molar-refractivity contribution in [2.45, 2.75) is 18.3 Å². The van der Waals surface area contributed by atoms with Gasteiger partial charge >= 0.3 is 12.3 Å². The third kappa shape index (κ3) is 3.70. The number of hydroxylamine groups is 2. The van der Waals surface area contributed by atoms with E-state index in [9.17, 15) is 26.7 Å². The minimum atomic E-state index is -5.85. The molecule has 1 unspecified atom stereocenters. The molecule has 0 radical (unpaired) electrons. The fourth-order valence-electron chi connectivity index (χ4n) is 2.76. The average molecular weight is 399 g/mol. The van der Waals surface area contributed by atoms with E-state index in [2.05, 4.69) is 4.74 Å². The summed E-state index contributed by atoms with van der Waals surface area (Å²) < 4.78 is 66.3. The van der Waals surface area contributed by atoms with Gasteiger partial charge in [0.15, 0.2) is 0 Å². The normalized spacial score (nSPS) is 16.0. The number of ether oxygens (including phenoxy) is 1. The Balaban J connectivity index is 1.78. The van der Waals surface area contributed by atoms with Crippen molar-refractivity contribution in [2.75, 3.05) is 7.11 Å². The predicted molar refractivity (Wildman–Crippen MR) is 89.5 cm³/mol. The van der Waals surface area contributed by atoms with E-state index in [-0.39, 0.29) is 5.56 Å². The number of hydrogen-bond donors (Lipinski definition) is 0. The summed E-state index contributed by atoms with van der Waals surface area (Å²) in [6, 6.07) is 10.7. The van der Waals surface area contributed by atoms with Crippen molar-refractivity contribution < 1.29 is 36.3 Å². The summed E-state index contributed by atoms with van der Waals surface area (Å²) in [5, 5.41) is 1.09. The molecule has 1 aliphatic carbocycles. The van der Waals surface area contributed by atoms with Gasteiger partial charge in [-0.05, 0) is 35.4 Å². The SMILES string of the molecule is CON(C(=O)c1ccc(OC(F)(F)C(F)(F)F)cc1)C1C=Cc2ccccc21. The lowest BCUT2D eigenvalue weighted by Crippen LogP contribution is -2.41. The molecule has 0 aliphatic heterocycles. The van der Waals surface area contributed by atoms with Crippen LogP contribution >= 0.6 is 0 Å². The van der Waals surface area contributed by atoms with E-state index < -0.39 is 30.0 Å². The Morgan fingerprint density at radius 3 is 2.25 bits per heavy atom. The van der Waals surface area contributed by atoms with Crippen LogP contribution in [-0.4, -0.2) is 30.4 Å². The number of hydrogen-bond acceptors (Lipinski definition) is 3. The summed E-state index contributed by atoms with van der Waals surface area (Å²) in [7, 11) is 1.30. The number of carbonyl (C=O) groups excluding carboxylic acids is 1. The molecule has 0 fully saturated rings. The molecule has 148 valence electrons. The molecular formula is C19H14F5NO3. The van der Waals surface area contributed by atoms with Crippen LogP contribution in [0.3, 0.4) is 0 Å². The lowest BCUT2D eigenvalue weighted by atomic mass is 10.1. The van der Waals surface area contributed by atoms with Crippen LogP contribution in [0.4, 0.5) is 22.0 Å². The smallest absolute Gasteiger partial charge is 0.426 e. The van der Waals surface area contributed by atoms with Gasteiger partial charge in [-0.25, -0.2) is 5.06 Å². The molecule has 28 heavy (non-hydrogen) atoms. The predicted octanol–water partition coefficient (Wildman–Crippen LogP) is 4.99. The summed E-state index contributed by atoms with van der Waals surface area (Å²) in [5.74, 6) is -1.32. The van der Waals surface area contributed by atoms with E-state index in [0.29, 0.717) is 0 Å². The quantitative estimate of drug-likeness (QED) is 0.525. The lowest BCUT2D eigenvalue weighted by Gasteiger charge is -2.26. The Bertz CT molecular complexity index is 893. The number of carbonyl (C=O) groups is 1. The number of halogens is 5. The molecule has 0 heterocycles. The number of alkyl halides is 5. The van der Waals surface area contributed by atoms with Crippen LogP contribution < -0.4 is 4.74 Å². The molecule has 1 amide bonds. The molecule has 0 aromatic heterocycles. The summed E-state index contributed by atoms with van der Waals surface area (Å²) >= 11 is 0. The molecule has 3 rings (SSSR count). The van der Waals surface area contributed by atoms with Crippen LogP contribution in [0.15, 0.2) is 54.6 Å². The van der Waals surface area contributed by atoms with Crippen LogP contribution in [-0.2, 0) is 4.84 Å². The van der Waals surface area contributed by atoms with Crippen LogP contribution in [0.1, 0.15) is 27.5 Å². The van der Waals surface area contributed by atoms with E-state index in [1.807, 2.05) is 30.3 Å². The van der Waals surface area contributed by atoms with E-state index in [0.717, 1.165) is 40.5 Å². The van der Waals surface area contributed by atoms with Crippen molar-refractivity contribution >= 4 is 12.0 Å². The van der Waals surface area contributed by atoms with Gasteiger partial charge in [0.2, 0.25) is 0 Å². The number of rotatable bonds is 5. The van der Waals surface area contributed by atoms with E-state index in [4.69, 9.17) is 4.84 Å². The van der Waals surface area contributed by atoms with Crippen molar-refractivity contribution in [3.63, 3.8) is 0 Å². The zero-order valence-corrected chi connectivity index (χ0v) is 14.4. The van der Waals surface area contributed by atoms with Crippen molar-refractivity contribution in [3.8, 4) is 5.75 Å². The standard InChI is InChI=1S/C19H14F5NO3/c1-27-25(16-11-8-12-4-2-3-5-15(12)16)17(26)13-6-9-14(10-7-13)28-19(23,24)18(20,21)22/h2-11,16H,1H3. The lowest BCUT2D eigenvalue weighted by molar-refractivity contribution is -0.360. The van der Waals surface area contributed by atoms with E-state index in [1.54, 1.807) is 6.08 Å². The topological polar surface area (TPSA) is 38.8 Å². The van der Waals surface area contributed by atoms with E-state index >= 15 is 0 Å². The molecule has 1 aliphatic rings. The maximum absolute atomic E-state index is 13.0. The minimum Gasteiger partial charge on any atom is -0.426 e. The van der Waals surface area contributed by atoms with Crippen LogP contribution in [0.5, 0.6) is 5.75 Å². The van der Waals surface area contributed by atoms with Crippen molar-refractivity contribution in [3.05, 3.63) is 71.3 Å². The molecule has 0 saturated carbocycles. The molecule has 0 N–H and O–H groups in total. The molecule has 4 nitrogen and oxygen atoms in total. The largest absolute Gasteiger partial charge is 0.499 e. The van der Waals surface area contributed by atoms with E-state index in [1.165, 1.54) is 7.11 Å². The fraction of sp³-hybridized carbons (Fsp3) is 0.211. The maximum atomic E-state index is 13.0. The first-order valence-electron chi connectivity index (χ1n) is 8.02. The number of amides is 1. The van der Waals surface area contributed by atoms with Gasteiger partial charge < -0.3 is 4.74 Å². The van der Waals surface area contributed by atoms with Gasteiger partial charge in [0.1, 0.15) is 11.8 Å². The third-order valence-corrected chi connectivity index (χ3v) is 4.10. The average Bonchev–Trinajstić information content (AvgIpc) is 3.06. The second kappa shape index (κ2) is 7.23. The molecule has 2 aromatic carbocycles. The van der Waals surface area contributed by atoms with Gasteiger partial charge in [0.25, 0.3) is 5.91 Å². The third-order valence-electron chi connectivity index (χ3n) is 4.10. The van der Waals surface area contributed by atoms with Gasteiger partial charge in [0, 0.05) is 5.56 Å². The van der Waals surface area contributed by atoms with Gasteiger partial charge in [-0.1, -0.05) is 36.4 Å². The fourth-order valence-corrected chi connectivity index (χ4v) is 2.76. The number of fused-ring (bicyclic) bond motifs is 1. The first-order valence-corrected chi connectivity index (χ1v) is 8.02. The van der Waals surface area contributed by atoms with Gasteiger partial charge in [0.05, 0.1) is 7.11 Å². The van der Waals surface area contributed by atoms with Gasteiger partial charge in [-0.15, -0.1) is 0 Å². The van der Waals surface area contributed by atoms with Crippen molar-refractivity contribution in [2.24, 2.45) is 0 Å². The second-order valence-electron chi connectivity index (χ2n) is 5.89. The van der Waals surface area contributed by atoms with Crippen LogP contribution in [0.25, 0.3) is 6.08 Å². The number of nitrogens with zero attached hydrogens (tertiary/aromatic N) is 1. The molecular weight excluding hydrogens is 385 g/mol. The van der Waals surface area contributed by atoms with Crippen molar-refractivity contribution in [1.29, 1.82) is 0 Å². The Morgan fingerprint density at radius 1 is 1.00 bits per heavy atom. The highest BCUT2D eigenvalue weighted by Crippen LogP contribution is 2.37. The zero-order valence-electron chi connectivity index (χ0n) is 14.4.